The molecule has 1 heterocycles. The highest BCUT2D eigenvalue weighted by molar-refractivity contribution is 7.89. The van der Waals surface area contributed by atoms with Gasteiger partial charge in [-0.1, -0.05) is 55.5 Å². The number of thiophene rings is 1. The van der Waals surface area contributed by atoms with E-state index in [1.807, 2.05) is 79.9 Å². The highest BCUT2D eigenvalue weighted by atomic mass is 32.2. The molecule has 1 aromatic heterocycles. The van der Waals surface area contributed by atoms with Crippen LogP contribution in [0.1, 0.15) is 30.7 Å². The van der Waals surface area contributed by atoms with Crippen molar-refractivity contribution in [1.82, 2.24) is 9.21 Å². The number of hydrogen-bond donors (Lipinski definition) is 0. The molecule has 4 rings (SSSR count). The van der Waals surface area contributed by atoms with Gasteiger partial charge in [-0.05, 0) is 60.4 Å². The van der Waals surface area contributed by atoms with Crippen LogP contribution in [0.2, 0.25) is 0 Å². The van der Waals surface area contributed by atoms with Crippen molar-refractivity contribution in [2.45, 2.75) is 44.2 Å². The van der Waals surface area contributed by atoms with Crippen molar-refractivity contribution < 1.29 is 22.7 Å². The molecule has 0 aliphatic heterocycles. The van der Waals surface area contributed by atoms with E-state index in [4.69, 9.17) is 9.47 Å². The van der Waals surface area contributed by atoms with E-state index in [2.05, 4.69) is 0 Å². The molecule has 0 aliphatic carbocycles. The summed E-state index contributed by atoms with van der Waals surface area (Å²) in [6, 6.07) is 22.0. The van der Waals surface area contributed by atoms with Crippen molar-refractivity contribution >= 4 is 38.0 Å². The van der Waals surface area contributed by atoms with Crippen molar-refractivity contribution in [2.75, 3.05) is 27.3 Å². The molecule has 0 aliphatic rings. The first-order valence-electron chi connectivity index (χ1n) is 13.3. The summed E-state index contributed by atoms with van der Waals surface area (Å²) in [6.07, 6.45) is 1.16. The number of ether oxygens (including phenoxy) is 2. The van der Waals surface area contributed by atoms with E-state index in [-0.39, 0.29) is 23.4 Å². The molecule has 4 aromatic rings. The number of hydrogen-bond acceptors (Lipinski definition) is 6. The zero-order chi connectivity index (χ0) is 28.7. The van der Waals surface area contributed by atoms with E-state index in [0.29, 0.717) is 42.8 Å². The van der Waals surface area contributed by atoms with Crippen LogP contribution in [-0.2, 0) is 27.8 Å². The third-order valence-corrected chi connectivity index (χ3v) is 9.99. The molecule has 1 unspecified atom stereocenters. The Morgan fingerprint density at radius 1 is 0.950 bits per heavy atom. The molecule has 212 valence electrons. The van der Waals surface area contributed by atoms with E-state index in [9.17, 15) is 13.2 Å². The minimum atomic E-state index is -3.96. The number of fused-ring (bicyclic) bond motifs is 1. The predicted molar refractivity (Wildman–Crippen MR) is 161 cm³/mol. The van der Waals surface area contributed by atoms with Gasteiger partial charge in [0.2, 0.25) is 15.9 Å². The fraction of sp³-hybridized carbons (Fsp3) is 0.323. The van der Waals surface area contributed by atoms with E-state index in [1.165, 1.54) is 4.31 Å². The lowest BCUT2D eigenvalue weighted by Crippen LogP contribution is -2.46. The highest BCUT2D eigenvalue weighted by Gasteiger charge is 2.33. The lowest BCUT2D eigenvalue weighted by molar-refractivity contribution is -0.132. The van der Waals surface area contributed by atoms with E-state index >= 15 is 0 Å². The maximum absolute atomic E-state index is 14.1. The number of nitrogens with zero attached hydrogens (tertiary/aromatic N) is 2. The summed E-state index contributed by atoms with van der Waals surface area (Å²) in [5.74, 6) is 1.03. The third kappa shape index (κ3) is 6.66. The normalized spacial score (nSPS) is 12.4. The number of rotatable bonds is 13. The lowest BCUT2D eigenvalue weighted by Gasteiger charge is -2.31. The Morgan fingerprint density at radius 3 is 2.40 bits per heavy atom. The van der Waals surface area contributed by atoms with Crippen LogP contribution < -0.4 is 9.47 Å². The minimum absolute atomic E-state index is 0.217. The van der Waals surface area contributed by atoms with E-state index < -0.39 is 10.0 Å². The monoisotopic (exact) mass is 580 g/mol. The fourth-order valence-electron chi connectivity index (χ4n) is 4.64. The van der Waals surface area contributed by atoms with Crippen LogP contribution in [0, 0.1) is 0 Å². The zero-order valence-electron chi connectivity index (χ0n) is 23.4. The predicted octanol–water partition coefficient (Wildman–Crippen LogP) is 5.98. The summed E-state index contributed by atoms with van der Waals surface area (Å²) in [6.45, 7) is 4.38. The van der Waals surface area contributed by atoms with Crippen molar-refractivity contribution in [3.63, 3.8) is 0 Å². The van der Waals surface area contributed by atoms with Gasteiger partial charge in [0.05, 0.1) is 32.2 Å². The van der Waals surface area contributed by atoms with Gasteiger partial charge in [-0.2, -0.15) is 4.31 Å². The minimum Gasteiger partial charge on any atom is -0.493 e. The number of carbonyl (C=O) groups is 1. The van der Waals surface area contributed by atoms with Gasteiger partial charge < -0.3 is 14.4 Å². The lowest BCUT2D eigenvalue weighted by atomic mass is 10.1. The molecule has 0 spiro atoms. The molecule has 7 nitrogen and oxygen atoms in total. The standard InChI is InChI=1S/C31H36N2O5S2/c1-5-23(2)33(40(35,36)30-14-8-11-25-10-6-7-13-27(25)30)22-31(34)32(21-26-12-9-19-39-26)18-17-24-15-16-28(37-3)29(20-24)38-4/h6-16,19-20,23H,5,17-18,21-22H2,1-4H3. The number of methoxy groups -OCH3 is 2. The Balaban J connectivity index is 1.62. The molecule has 1 atom stereocenters. The summed E-state index contributed by atoms with van der Waals surface area (Å²) in [5, 5.41) is 3.46. The summed E-state index contributed by atoms with van der Waals surface area (Å²) < 4.78 is 40.3. The average Bonchev–Trinajstić information content (AvgIpc) is 3.50. The van der Waals surface area contributed by atoms with Crippen molar-refractivity contribution in [3.05, 3.63) is 88.6 Å². The molecule has 1 amide bonds. The van der Waals surface area contributed by atoms with Crippen LogP contribution >= 0.6 is 11.3 Å². The molecular formula is C31H36N2O5S2. The maximum Gasteiger partial charge on any atom is 0.244 e. The van der Waals surface area contributed by atoms with Gasteiger partial charge in [0.25, 0.3) is 0 Å². The largest absolute Gasteiger partial charge is 0.493 e. The molecule has 0 saturated heterocycles. The second-order valence-corrected chi connectivity index (χ2v) is 12.5. The summed E-state index contributed by atoms with van der Waals surface area (Å²) in [4.78, 5) is 16.9. The van der Waals surface area contributed by atoms with Crippen LogP contribution in [0.25, 0.3) is 10.8 Å². The first kappa shape index (κ1) is 29.6. The molecule has 3 aromatic carbocycles. The number of carbonyl (C=O) groups excluding carboxylic acids is 1. The number of amides is 1. The Morgan fingerprint density at radius 2 is 1.70 bits per heavy atom. The van der Waals surface area contributed by atoms with Crippen molar-refractivity contribution in [2.24, 2.45) is 0 Å². The first-order chi connectivity index (χ1) is 19.3. The molecule has 9 heteroatoms. The summed E-state index contributed by atoms with van der Waals surface area (Å²) in [5.41, 5.74) is 0.990. The summed E-state index contributed by atoms with van der Waals surface area (Å²) >= 11 is 1.57. The average molecular weight is 581 g/mol. The van der Waals surface area contributed by atoms with Gasteiger partial charge in [-0.15, -0.1) is 11.3 Å². The quantitative estimate of drug-likeness (QED) is 0.195. The van der Waals surface area contributed by atoms with Crippen molar-refractivity contribution in [3.8, 4) is 11.5 Å². The van der Waals surface area contributed by atoms with E-state index in [0.717, 1.165) is 15.8 Å². The number of sulfonamides is 1. The molecule has 0 bridgehead atoms. The van der Waals surface area contributed by atoms with Crippen molar-refractivity contribution in [1.29, 1.82) is 0 Å². The molecule has 0 radical (unpaired) electrons. The summed E-state index contributed by atoms with van der Waals surface area (Å²) in [7, 11) is -0.772. The van der Waals surface area contributed by atoms with Crippen LogP contribution in [0.5, 0.6) is 11.5 Å². The molecule has 0 N–H and O–H groups in total. The zero-order valence-corrected chi connectivity index (χ0v) is 25.0. The molecule has 0 fully saturated rings. The highest BCUT2D eigenvalue weighted by Crippen LogP contribution is 2.29. The second kappa shape index (κ2) is 13.3. The van der Waals surface area contributed by atoms with Gasteiger partial charge >= 0.3 is 0 Å². The maximum atomic E-state index is 14.1. The van der Waals surface area contributed by atoms with Crippen LogP contribution in [-0.4, -0.2) is 56.9 Å². The molecule has 0 saturated carbocycles. The van der Waals surface area contributed by atoms with Gasteiger partial charge in [-0.25, -0.2) is 8.42 Å². The number of benzene rings is 3. The SMILES string of the molecule is CCC(C)N(CC(=O)N(CCc1ccc(OC)c(OC)c1)Cc1cccs1)S(=O)(=O)c1cccc2ccccc12. The Hall–Kier alpha value is -3.40. The smallest absolute Gasteiger partial charge is 0.244 e. The van der Waals surface area contributed by atoms with Gasteiger partial charge in [0.1, 0.15) is 0 Å². The first-order valence-corrected chi connectivity index (χ1v) is 15.6. The topological polar surface area (TPSA) is 76.2 Å². The third-order valence-electron chi connectivity index (χ3n) is 7.11. The fourth-order valence-corrected chi connectivity index (χ4v) is 7.23. The van der Waals surface area contributed by atoms with Crippen LogP contribution in [0.15, 0.2) is 83.1 Å². The van der Waals surface area contributed by atoms with E-state index in [1.54, 1.807) is 42.6 Å². The Labute approximate surface area is 241 Å². The Bertz CT molecular complexity index is 1530. The Kier molecular flexibility index (Phi) is 9.84. The van der Waals surface area contributed by atoms with Gasteiger partial charge in [0.15, 0.2) is 11.5 Å². The molecule has 40 heavy (non-hydrogen) atoms. The van der Waals surface area contributed by atoms with Gasteiger partial charge in [-0.3, -0.25) is 4.79 Å². The molecular weight excluding hydrogens is 544 g/mol. The second-order valence-electron chi connectivity index (χ2n) is 9.62. The van der Waals surface area contributed by atoms with Crippen LogP contribution in [0.4, 0.5) is 0 Å². The van der Waals surface area contributed by atoms with Gasteiger partial charge in [0, 0.05) is 22.8 Å². The van der Waals surface area contributed by atoms with Crippen LogP contribution in [0.3, 0.4) is 0 Å².